The van der Waals surface area contributed by atoms with Crippen molar-refractivity contribution in [2.24, 2.45) is 0 Å². The summed E-state index contributed by atoms with van der Waals surface area (Å²) in [5.74, 6) is 1.62. The summed E-state index contributed by atoms with van der Waals surface area (Å²) in [4.78, 5) is 12.9. The van der Waals surface area contributed by atoms with Crippen LogP contribution < -0.4 is 5.32 Å². The number of nitrogens with zero attached hydrogens (tertiary/aromatic N) is 4. The number of carbonyl (C=O) groups is 1. The van der Waals surface area contributed by atoms with Gasteiger partial charge in [-0.25, -0.2) is 0 Å². The van der Waals surface area contributed by atoms with Crippen molar-refractivity contribution in [3.63, 3.8) is 0 Å². The van der Waals surface area contributed by atoms with E-state index in [1.165, 1.54) is 11.8 Å². The van der Waals surface area contributed by atoms with Gasteiger partial charge >= 0.3 is 0 Å². The molecule has 4 aromatic rings. The summed E-state index contributed by atoms with van der Waals surface area (Å²) in [5.41, 5.74) is 0.676. The minimum absolute atomic E-state index is 0.0782. The highest BCUT2D eigenvalue weighted by Crippen LogP contribution is 2.24. The van der Waals surface area contributed by atoms with Gasteiger partial charge in [-0.3, -0.25) is 4.79 Å². The lowest BCUT2D eigenvalue weighted by Crippen LogP contribution is -2.24. The Balaban J connectivity index is 1.43. The van der Waals surface area contributed by atoms with E-state index in [1.54, 1.807) is 28.2 Å². The first-order valence-corrected chi connectivity index (χ1v) is 9.34. The quantitative estimate of drug-likeness (QED) is 0.525. The molecule has 0 radical (unpaired) electrons. The van der Waals surface area contributed by atoms with Gasteiger partial charge in [0.25, 0.3) is 0 Å². The Kier molecular flexibility index (Phi) is 4.49. The standard InChI is InChI=1S/C16H13N5O2S2/c22-14(17-9-11-3-1-7-23-11)10-25-15-6-5-13-18-19-16(21(13)20-15)12-4-2-8-24-12/h1-8H,9-10H2,(H,17,22). The molecule has 0 unspecified atom stereocenters. The van der Waals surface area contributed by atoms with Crippen molar-refractivity contribution in [1.82, 2.24) is 25.1 Å². The second-order valence-electron chi connectivity index (χ2n) is 5.09. The van der Waals surface area contributed by atoms with Crippen LogP contribution in [0, 0.1) is 0 Å². The molecule has 7 nitrogen and oxygen atoms in total. The maximum Gasteiger partial charge on any atom is 0.230 e. The van der Waals surface area contributed by atoms with Crippen LogP contribution in [0.15, 0.2) is 57.5 Å². The fourth-order valence-electron chi connectivity index (χ4n) is 2.20. The van der Waals surface area contributed by atoms with Crippen LogP contribution in [0.25, 0.3) is 16.3 Å². The molecule has 0 spiro atoms. The van der Waals surface area contributed by atoms with Crippen molar-refractivity contribution < 1.29 is 9.21 Å². The van der Waals surface area contributed by atoms with Crippen LogP contribution in [-0.2, 0) is 11.3 Å². The summed E-state index contributed by atoms with van der Waals surface area (Å²) in [6.45, 7) is 0.382. The summed E-state index contributed by atoms with van der Waals surface area (Å²) >= 11 is 2.94. The molecular weight excluding hydrogens is 358 g/mol. The van der Waals surface area contributed by atoms with Crippen LogP contribution in [0.5, 0.6) is 0 Å². The Hall–Kier alpha value is -2.65. The third kappa shape index (κ3) is 3.57. The number of fused-ring (bicyclic) bond motifs is 1. The first kappa shape index (κ1) is 15.9. The smallest absolute Gasteiger partial charge is 0.230 e. The summed E-state index contributed by atoms with van der Waals surface area (Å²) in [5, 5.41) is 18.4. The first-order valence-electron chi connectivity index (χ1n) is 7.48. The summed E-state index contributed by atoms with van der Waals surface area (Å²) in [6.07, 6.45) is 1.58. The van der Waals surface area contributed by atoms with E-state index >= 15 is 0 Å². The number of nitrogens with one attached hydrogen (secondary N) is 1. The van der Waals surface area contributed by atoms with E-state index in [0.717, 1.165) is 15.7 Å². The van der Waals surface area contributed by atoms with Gasteiger partial charge in [-0.05, 0) is 35.7 Å². The van der Waals surface area contributed by atoms with Crippen molar-refractivity contribution in [3.8, 4) is 10.7 Å². The number of furan rings is 1. The average Bonchev–Trinajstić information content (AvgIpc) is 3.38. The Morgan fingerprint density at radius 3 is 3.00 bits per heavy atom. The zero-order valence-electron chi connectivity index (χ0n) is 13.0. The molecule has 0 aliphatic heterocycles. The predicted octanol–water partition coefficient (Wildman–Crippen LogP) is 2.85. The summed E-state index contributed by atoms with van der Waals surface area (Å²) in [7, 11) is 0. The molecule has 0 aliphatic rings. The Bertz CT molecular complexity index is 979. The lowest BCUT2D eigenvalue weighted by molar-refractivity contribution is -0.118. The van der Waals surface area contributed by atoms with Gasteiger partial charge in [-0.15, -0.1) is 21.5 Å². The third-order valence-corrected chi connectivity index (χ3v) is 5.16. The number of hydrogen-bond donors (Lipinski definition) is 1. The summed E-state index contributed by atoms with van der Waals surface area (Å²) < 4.78 is 6.89. The van der Waals surface area contributed by atoms with Crippen LogP contribution in [0.4, 0.5) is 0 Å². The Labute approximate surface area is 151 Å². The second-order valence-corrected chi connectivity index (χ2v) is 7.03. The predicted molar refractivity (Wildman–Crippen MR) is 95.4 cm³/mol. The van der Waals surface area contributed by atoms with Crippen molar-refractivity contribution in [1.29, 1.82) is 0 Å². The van der Waals surface area contributed by atoms with E-state index in [0.29, 0.717) is 18.0 Å². The van der Waals surface area contributed by atoms with Crippen LogP contribution in [0.2, 0.25) is 0 Å². The van der Waals surface area contributed by atoms with Crippen LogP contribution in [0.3, 0.4) is 0 Å². The highest BCUT2D eigenvalue weighted by Gasteiger charge is 2.12. The second kappa shape index (κ2) is 7.08. The number of hydrogen-bond acceptors (Lipinski definition) is 7. The van der Waals surface area contributed by atoms with Gasteiger partial charge in [0.15, 0.2) is 11.5 Å². The third-order valence-electron chi connectivity index (χ3n) is 3.37. The van der Waals surface area contributed by atoms with E-state index in [-0.39, 0.29) is 11.7 Å². The average molecular weight is 371 g/mol. The van der Waals surface area contributed by atoms with E-state index in [4.69, 9.17) is 4.42 Å². The zero-order valence-corrected chi connectivity index (χ0v) is 14.6. The number of rotatable bonds is 6. The van der Waals surface area contributed by atoms with Gasteiger partial charge in [0.05, 0.1) is 23.4 Å². The Morgan fingerprint density at radius 1 is 1.24 bits per heavy atom. The van der Waals surface area contributed by atoms with E-state index in [9.17, 15) is 4.79 Å². The normalized spacial score (nSPS) is 11.0. The molecule has 4 heterocycles. The Morgan fingerprint density at radius 2 is 2.20 bits per heavy atom. The topological polar surface area (TPSA) is 85.3 Å². The van der Waals surface area contributed by atoms with Crippen molar-refractivity contribution >= 4 is 34.7 Å². The largest absolute Gasteiger partial charge is 0.467 e. The molecule has 0 saturated heterocycles. The molecule has 126 valence electrons. The van der Waals surface area contributed by atoms with E-state index in [1.807, 2.05) is 35.7 Å². The van der Waals surface area contributed by atoms with Crippen LogP contribution in [0.1, 0.15) is 5.76 Å². The molecule has 9 heteroatoms. The van der Waals surface area contributed by atoms with Gasteiger partial charge in [0.1, 0.15) is 10.8 Å². The highest BCUT2D eigenvalue weighted by molar-refractivity contribution is 7.99. The fraction of sp³-hybridized carbons (Fsp3) is 0.125. The van der Waals surface area contributed by atoms with Gasteiger partial charge in [0.2, 0.25) is 5.91 Å². The summed E-state index contributed by atoms with van der Waals surface area (Å²) in [6, 6.07) is 11.2. The fourth-order valence-corrected chi connectivity index (χ4v) is 3.58. The number of carbonyl (C=O) groups excluding carboxylic acids is 1. The van der Waals surface area contributed by atoms with Gasteiger partial charge in [-0.2, -0.15) is 9.61 Å². The van der Waals surface area contributed by atoms with Crippen molar-refractivity contribution in [2.45, 2.75) is 11.6 Å². The van der Waals surface area contributed by atoms with E-state index < -0.39 is 0 Å². The minimum Gasteiger partial charge on any atom is -0.467 e. The van der Waals surface area contributed by atoms with Crippen molar-refractivity contribution in [3.05, 3.63) is 53.8 Å². The molecule has 1 amide bonds. The zero-order chi connectivity index (χ0) is 17.1. The van der Waals surface area contributed by atoms with Crippen LogP contribution >= 0.6 is 23.1 Å². The van der Waals surface area contributed by atoms with Crippen molar-refractivity contribution in [2.75, 3.05) is 5.75 Å². The molecule has 0 aliphatic carbocycles. The molecule has 25 heavy (non-hydrogen) atoms. The minimum atomic E-state index is -0.0782. The lowest BCUT2D eigenvalue weighted by Gasteiger charge is -2.04. The van der Waals surface area contributed by atoms with Gasteiger partial charge < -0.3 is 9.73 Å². The molecule has 0 fully saturated rings. The molecule has 4 aromatic heterocycles. The van der Waals surface area contributed by atoms with Gasteiger partial charge in [0, 0.05) is 0 Å². The number of amides is 1. The molecule has 0 aromatic carbocycles. The molecule has 0 atom stereocenters. The lowest BCUT2D eigenvalue weighted by atomic mass is 10.4. The van der Waals surface area contributed by atoms with E-state index in [2.05, 4.69) is 20.6 Å². The SMILES string of the molecule is O=C(CSc1ccc2nnc(-c3cccs3)n2n1)NCc1ccco1. The van der Waals surface area contributed by atoms with Crippen LogP contribution in [-0.4, -0.2) is 31.5 Å². The molecular formula is C16H13N5O2S2. The maximum absolute atomic E-state index is 11.9. The number of thiophene rings is 1. The molecule has 0 bridgehead atoms. The number of aromatic nitrogens is 4. The molecule has 4 rings (SSSR count). The number of thioether (sulfide) groups is 1. The monoisotopic (exact) mass is 371 g/mol. The molecule has 1 N–H and O–H groups in total. The first-order chi connectivity index (χ1) is 12.3. The highest BCUT2D eigenvalue weighted by atomic mass is 32.2. The maximum atomic E-state index is 11.9. The molecule has 0 saturated carbocycles. The van der Waals surface area contributed by atoms with Gasteiger partial charge in [-0.1, -0.05) is 17.8 Å².